The standard InChI is InChI=1S/C6H11NO8/c1-2-3(8)4(9)5(10)6(11,14-2)15-7(12)13/h2-5,8-11H,1H3/t2-,3-,4+,5+,6+/m0/s1. The van der Waals surface area contributed by atoms with Crippen LogP contribution in [0.3, 0.4) is 0 Å². The zero-order valence-electron chi connectivity index (χ0n) is 7.68. The van der Waals surface area contributed by atoms with E-state index in [1.165, 1.54) is 6.92 Å². The quantitative estimate of drug-likeness (QED) is 0.226. The Morgan fingerprint density at radius 1 is 1.40 bits per heavy atom. The van der Waals surface area contributed by atoms with E-state index in [0.717, 1.165) is 0 Å². The van der Waals surface area contributed by atoms with Crippen LogP contribution in [0.15, 0.2) is 0 Å². The summed E-state index contributed by atoms with van der Waals surface area (Å²) in [6, 6.07) is 0. The normalized spacial score (nSPS) is 46.2. The Hall–Kier alpha value is -1.00. The van der Waals surface area contributed by atoms with Crippen LogP contribution < -0.4 is 0 Å². The number of aliphatic hydroxyl groups is 4. The first kappa shape index (κ1) is 12.1. The van der Waals surface area contributed by atoms with Gasteiger partial charge in [-0.25, -0.2) is 4.84 Å². The molecule has 9 heteroatoms. The molecule has 15 heavy (non-hydrogen) atoms. The van der Waals surface area contributed by atoms with E-state index < -0.39 is 35.5 Å². The maximum Gasteiger partial charge on any atom is 0.352 e. The second-order valence-electron chi connectivity index (χ2n) is 3.19. The molecule has 0 amide bonds. The summed E-state index contributed by atoms with van der Waals surface area (Å²) in [5, 5.41) is 45.6. The molecule has 0 radical (unpaired) electrons. The second kappa shape index (κ2) is 3.87. The van der Waals surface area contributed by atoms with Gasteiger partial charge in [-0.1, -0.05) is 0 Å². The first-order valence-electron chi connectivity index (χ1n) is 4.06. The third-order valence-corrected chi connectivity index (χ3v) is 2.09. The van der Waals surface area contributed by atoms with Crippen molar-refractivity contribution in [2.24, 2.45) is 0 Å². The lowest BCUT2D eigenvalue weighted by atomic mass is 9.99. The Kier molecular flexibility index (Phi) is 3.11. The molecule has 1 saturated heterocycles. The summed E-state index contributed by atoms with van der Waals surface area (Å²) >= 11 is 0. The Morgan fingerprint density at radius 3 is 2.40 bits per heavy atom. The van der Waals surface area contributed by atoms with Crippen LogP contribution in [0.5, 0.6) is 0 Å². The van der Waals surface area contributed by atoms with E-state index in [0.29, 0.717) is 0 Å². The summed E-state index contributed by atoms with van der Waals surface area (Å²) in [6.45, 7) is 1.24. The molecule has 0 bridgehead atoms. The minimum absolute atomic E-state index is 1.13. The van der Waals surface area contributed by atoms with Gasteiger partial charge in [0.1, 0.15) is 12.2 Å². The molecule has 4 N–H and O–H groups in total. The second-order valence-corrected chi connectivity index (χ2v) is 3.19. The monoisotopic (exact) mass is 225 g/mol. The summed E-state index contributed by atoms with van der Waals surface area (Å²) in [4.78, 5) is 13.7. The molecule has 1 heterocycles. The van der Waals surface area contributed by atoms with Crippen LogP contribution in [0.25, 0.3) is 0 Å². The van der Waals surface area contributed by atoms with Gasteiger partial charge in [-0.05, 0) is 6.92 Å². The minimum atomic E-state index is -2.97. The van der Waals surface area contributed by atoms with Gasteiger partial charge in [-0.3, -0.25) is 0 Å². The topological polar surface area (TPSA) is 143 Å². The zero-order valence-corrected chi connectivity index (χ0v) is 7.68. The largest absolute Gasteiger partial charge is 0.388 e. The van der Waals surface area contributed by atoms with Crippen molar-refractivity contribution in [3.05, 3.63) is 10.1 Å². The zero-order chi connectivity index (χ0) is 11.8. The van der Waals surface area contributed by atoms with Crippen LogP contribution in [-0.2, 0) is 9.57 Å². The van der Waals surface area contributed by atoms with Gasteiger partial charge in [0.2, 0.25) is 0 Å². The molecule has 0 spiro atoms. The van der Waals surface area contributed by atoms with Gasteiger partial charge >= 0.3 is 5.97 Å². The Labute approximate surface area is 83.6 Å². The maximum atomic E-state index is 10.0. The van der Waals surface area contributed by atoms with Gasteiger partial charge in [-0.2, -0.15) is 0 Å². The highest BCUT2D eigenvalue weighted by molar-refractivity contribution is 4.89. The van der Waals surface area contributed by atoms with Crippen molar-refractivity contribution in [3.8, 4) is 0 Å². The van der Waals surface area contributed by atoms with Crippen molar-refractivity contribution in [2.75, 3.05) is 0 Å². The molecule has 88 valence electrons. The number of rotatable bonds is 2. The molecule has 0 aromatic carbocycles. The van der Waals surface area contributed by atoms with E-state index in [4.69, 9.17) is 0 Å². The van der Waals surface area contributed by atoms with Gasteiger partial charge in [0.05, 0.1) is 6.10 Å². The van der Waals surface area contributed by atoms with Crippen LogP contribution in [0, 0.1) is 10.1 Å². The minimum Gasteiger partial charge on any atom is -0.388 e. The maximum absolute atomic E-state index is 10.0. The lowest BCUT2D eigenvalue weighted by Crippen LogP contribution is -2.65. The lowest BCUT2D eigenvalue weighted by molar-refractivity contribution is -0.822. The summed E-state index contributed by atoms with van der Waals surface area (Å²) in [5.74, 6) is -2.97. The van der Waals surface area contributed by atoms with Crippen molar-refractivity contribution in [1.82, 2.24) is 0 Å². The van der Waals surface area contributed by atoms with Gasteiger partial charge < -0.3 is 25.2 Å². The molecular weight excluding hydrogens is 214 g/mol. The molecule has 5 atom stereocenters. The Balaban J connectivity index is 2.85. The van der Waals surface area contributed by atoms with Gasteiger partial charge in [0, 0.05) is 0 Å². The lowest BCUT2D eigenvalue weighted by Gasteiger charge is -2.42. The molecule has 1 rings (SSSR count). The summed E-state index contributed by atoms with van der Waals surface area (Å²) < 4.78 is 4.51. The van der Waals surface area contributed by atoms with Crippen molar-refractivity contribution < 1.29 is 35.1 Å². The highest BCUT2D eigenvalue weighted by Gasteiger charge is 2.54. The highest BCUT2D eigenvalue weighted by atomic mass is 17.0. The van der Waals surface area contributed by atoms with Crippen LogP contribution >= 0.6 is 0 Å². The summed E-state index contributed by atoms with van der Waals surface area (Å²) in [5.41, 5.74) is 0. The predicted molar refractivity (Wildman–Crippen MR) is 41.6 cm³/mol. The molecule has 9 nitrogen and oxygen atoms in total. The van der Waals surface area contributed by atoms with Crippen LogP contribution in [0.4, 0.5) is 0 Å². The number of nitrogens with zero attached hydrogens (tertiary/aromatic N) is 1. The third-order valence-electron chi connectivity index (χ3n) is 2.09. The molecule has 0 aliphatic carbocycles. The van der Waals surface area contributed by atoms with Gasteiger partial charge in [-0.15, -0.1) is 10.1 Å². The average molecular weight is 225 g/mol. The van der Waals surface area contributed by atoms with E-state index in [-0.39, 0.29) is 0 Å². The van der Waals surface area contributed by atoms with Gasteiger partial charge in [0.25, 0.3) is 5.09 Å². The average Bonchev–Trinajstić information content (AvgIpc) is 2.10. The molecular formula is C6H11NO8. The first-order chi connectivity index (χ1) is 6.78. The smallest absolute Gasteiger partial charge is 0.352 e. The van der Waals surface area contributed by atoms with Crippen molar-refractivity contribution >= 4 is 0 Å². The third kappa shape index (κ3) is 2.16. The molecule has 1 fully saturated rings. The fraction of sp³-hybridized carbons (Fsp3) is 1.00. The molecule has 0 unspecified atom stereocenters. The number of hydrogen-bond acceptors (Lipinski definition) is 8. The fourth-order valence-electron chi connectivity index (χ4n) is 1.27. The van der Waals surface area contributed by atoms with Crippen LogP contribution in [0.2, 0.25) is 0 Å². The number of ether oxygens (including phenoxy) is 1. The van der Waals surface area contributed by atoms with Crippen molar-refractivity contribution in [2.45, 2.75) is 37.3 Å². The summed E-state index contributed by atoms with van der Waals surface area (Å²) in [6.07, 6.45) is -6.56. The Morgan fingerprint density at radius 2 is 1.93 bits per heavy atom. The first-order valence-corrected chi connectivity index (χ1v) is 4.06. The van der Waals surface area contributed by atoms with Crippen LogP contribution in [0.1, 0.15) is 6.92 Å². The van der Waals surface area contributed by atoms with Gasteiger partial charge in [0.15, 0.2) is 6.10 Å². The fourth-order valence-corrected chi connectivity index (χ4v) is 1.27. The predicted octanol–water partition coefficient (Wildman–Crippen LogP) is -2.66. The molecule has 0 aromatic rings. The number of aliphatic hydroxyl groups excluding tert-OH is 3. The molecule has 0 saturated carbocycles. The SMILES string of the molecule is C[C@@H]1O[C@@](O)(O[N+](=O)[O-])[C@H](O)[C@H](O)[C@H]1O. The van der Waals surface area contributed by atoms with E-state index in [1.54, 1.807) is 0 Å². The van der Waals surface area contributed by atoms with E-state index in [1.807, 2.05) is 0 Å². The number of hydrogen-bond donors (Lipinski definition) is 4. The molecule has 0 aromatic heterocycles. The molecule has 1 aliphatic rings. The van der Waals surface area contributed by atoms with E-state index >= 15 is 0 Å². The van der Waals surface area contributed by atoms with E-state index in [9.17, 15) is 30.5 Å². The van der Waals surface area contributed by atoms with E-state index in [2.05, 4.69) is 9.57 Å². The van der Waals surface area contributed by atoms with Crippen LogP contribution in [-0.4, -0.2) is 55.9 Å². The van der Waals surface area contributed by atoms with Crippen molar-refractivity contribution in [3.63, 3.8) is 0 Å². The van der Waals surface area contributed by atoms with Crippen molar-refractivity contribution in [1.29, 1.82) is 0 Å². The molecule has 1 aliphatic heterocycles. The highest BCUT2D eigenvalue weighted by Crippen LogP contribution is 2.28. The Bertz CT molecular complexity index is 260. The summed E-state index contributed by atoms with van der Waals surface area (Å²) in [7, 11) is 0.